The molecule has 0 spiro atoms. The Balaban J connectivity index is 1.83. The Morgan fingerprint density at radius 2 is 2.32 bits per heavy atom. The van der Waals surface area contributed by atoms with Crippen molar-refractivity contribution in [3.63, 3.8) is 0 Å². The number of aliphatic hydroxyl groups excluding tert-OH is 1. The molecule has 3 N–H and O–H groups in total. The third-order valence-electron chi connectivity index (χ3n) is 3.43. The van der Waals surface area contributed by atoms with E-state index in [1.54, 1.807) is 0 Å². The molecule has 5 nitrogen and oxygen atoms in total. The lowest BCUT2D eigenvalue weighted by Gasteiger charge is -2.07. The van der Waals surface area contributed by atoms with Crippen LogP contribution in [0.25, 0.3) is 10.9 Å². The number of aromatic amines is 1. The Hall–Kier alpha value is -2.01. The van der Waals surface area contributed by atoms with E-state index in [-0.39, 0.29) is 18.7 Å². The molecule has 0 unspecified atom stereocenters. The lowest BCUT2D eigenvalue weighted by Crippen LogP contribution is -2.28. The number of aromatic nitrogens is 1. The predicted molar refractivity (Wildman–Crippen MR) is 71.1 cm³/mol. The molecule has 1 aliphatic rings. The van der Waals surface area contributed by atoms with E-state index in [0.29, 0.717) is 13.0 Å². The monoisotopic (exact) mass is 260 g/mol. The van der Waals surface area contributed by atoms with Gasteiger partial charge in [-0.25, -0.2) is 4.79 Å². The van der Waals surface area contributed by atoms with E-state index in [2.05, 4.69) is 16.4 Å². The van der Waals surface area contributed by atoms with Crippen molar-refractivity contribution in [3.05, 3.63) is 35.5 Å². The first-order valence-electron chi connectivity index (χ1n) is 6.39. The molecule has 0 aliphatic carbocycles. The third-order valence-corrected chi connectivity index (χ3v) is 3.43. The van der Waals surface area contributed by atoms with E-state index in [0.717, 1.165) is 28.5 Å². The molecule has 2 aromatic rings. The Morgan fingerprint density at radius 3 is 3.05 bits per heavy atom. The first kappa shape index (κ1) is 12.0. The number of alkyl carbamates (subject to hydrolysis) is 1. The van der Waals surface area contributed by atoms with Crippen LogP contribution in [0.4, 0.5) is 4.79 Å². The number of cyclic esters (lactones) is 1. The number of amides is 1. The number of benzene rings is 1. The Kier molecular flexibility index (Phi) is 3.13. The largest absolute Gasteiger partial charge is 0.447 e. The van der Waals surface area contributed by atoms with Gasteiger partial charge in [0.1, 0.15) is 6.61 Å². The molecule has 1 aromatic carbocycles. The molecule has 1 atom stereocenters. The highest BCUT2D eigenvalue weighted by atomic mass is 16.6. The average molecular weight is 260 g/mol. The second-order valence-electron chi connectivity index (χ2n) is 4.81. The SMILES string of the molecule is O=C1N[C@@H](Cc2ccc3[nH]cc(CCO)c3c2)CO1. The van der Waals surface area contributed by atoms with Crippen molar-refractivity contribution in [3.8, 4) is 0 Å². The summed E-state index contributed by atoms with van der Waals surface area (Å²) in [7, 11) is 0. The van der Waals surface area contributed by atoms with Gasteiger partial charge in [0, 0.05) is 23.7 Å². The van der Waals surface area contributed by atoms with Crippen molar-refractivity contribution in [1.82, 2.24) is 10.3 Å². The molecule has 1 saturated heterocycles. The first-order chi connectivity index (χ1) is 9.26. The van der Waals surface area contributed by atoms with Crippen molar-refractivity contribution in [2.24, 2.45) is 0 Å². The standard InChI is InChI=1S/C14H16N2O3/c17-4-3-10-7-15-13-2-1-9(6-12(10)13)5-11-8-19-14(18)16-11/h1-2,6-7,11,15,17H,3-5,8H2,(H,16,18)/t11-/m0/s1. The van der Waals surface area contributed by atoms with Crippen molar-refractivity contribution in [2.75, 3.05) is 13.2 Å². The number of rotatable bonds is 4. The Morgan fingerprint density at radius 1 is 1.42 bits per heavy atom. The fourth-order valence-corrected chi connectivity index (χ4v) is 2.50. The lowest BCUT2D eigenvalue weighted by molar-refractivity contribution is 0.177. The van der Waals surface area contributed by atoms with Crippen molar-refractivity contribution >= 4 is 17.0 Å². The van der Waals surface area contributed by atoms with E-state index in [1.807, 2.05) is 18.3 Å². The molecular formula is C14H16N2O3. The molecule has 5 heteroatoms. The van der Waals surface area contributed by atoms with Gasteiger partial charge in [0.05, 0.1) is 6.04 Å². The van der Waals surface area contributed by atoms with Gasteiger partial charge in [0.2, 0.25) is 0 Å². The highest BCUT2D eigenvalue weighted by Crippen LogP contribution is 2.21. The molecule has 100 valence electrons. The van der Waals surface area contributed by atoms with Gasteiger partial charge in [0.15, 0.2) is 0 Å². The van der Waals surface area contributed by atoms with Crippen LogP contribution in [0.2, 0.25) is 0 Å². The summed E-state index contributed by atoms with van der Waals surface area (Å²) in [6.45, 7) is 0.567. The van der Waals surface area contributed by atoms with Gasteiger partial charge in [-0.3, -0.25) is 0 Å². The highest BCUT2D eigenvalue weighted by Gasteiger charge is 2.22. The second-order valence-corrected chi connectivity index (χ2v) is 4.81. The van der Waals surface area contributed by atoms with E-state index in [4.69, 9.17) is 9.84 Å². The van der Waals surface area contributed by atoms with Gasteiger partial charge in [-0.05, 0) is 36.1 Å². The van der Waals surface area contributed by atoms with Crippen molar-refractivity contribution in [2.45, 2.75) is 18.9 Å². The lowest BCUT2D eigenvalue weighted by atomic mass is 10.0. The molecule has 3 rings (SSSR count). The van der Waals surface area contributed by atoms with Crippen LogP contribution >= 0.6 is 0 Å². The van der Waals surface area contributed by atoms with Gasteiger partial charge < -0.3 is 20.1 Å². The molecule has 1 aromatic heterocycles. The van der Waals surface area contributed by atoms with Crippen LogP contribution in [-0.2, 0) is 17.6 Å². The average Bonchev–Trinajstić information content (AvgIpc) is 2.97. The zero-order valence-electron chi connectivity index (χ0n) is 10.5. The molecule has 0 saturated carbocycles. The minimum atomic E-state index is -0.339. The maximum Gasteiger partial charge on any atom is 0.407 e. The number of carbonyl (C=O) groups is 1. The van der Waals surface area contributed by atoms with E-state index < -0.39 is 0 Å². The summed E-state index contributed by atoms with van der Waals surface area (Å²) in [5.74, 6) is 0. The molecular weight excluding hydrogens is 244 g/mol. The van der Waals surface area contributed by atoms with Crippen molar-refractivity contribution < 1.29 is 14.6 Å². The third kappa shape index (κ3) is 2.42. The number of ether oxygens (including phenoxy) is 1. The van der Waals surface area contributed by atoms with Gasteiger partial charge >= 0.3 is 6.09 Å². The van der Waals surface area contributed by atoms with Crippen LogP contribution in [0.5, 0.6) is 0 Å². The first-order valence-corrected chi connectivity index (χ1v) is 6.39. The second kappa shape index (κ2) is 4.93. The summed E-state index contributed by atoms with van der Waals surface area (Å²) in [5.41, 5.74) is 3.34. The number of aliphatic hydroxyl groups is 1. The topological polar surface area (TPSA) is 74.4 Å². The van der Waals surface area contributed by atoms with Crippen molar-refractivity contribution in [1.29, 1.82) is 0 Å². The fourth-order valence-electron chi connectivity index (χ4n) is 2.50. The Bertz CT molecular complexity index is 606. The zero-order valence-corrected chi connectivity index (χ0v) is 10.5. The number of H-pyrrole nitrogens is 1. The maximum atomic E-state index is 11.0. The van der Waals surface area contributed by atoms with Gasteiger partial charge in [-0.2, -0.15) is 0 Å². The summed E-state index contributed by atoms with van der Waals surface area (Å²) in [6.07, 6.45) is 3.00. The van der Waals surface area contributed by atoms with Crippen LogP contribution in [0, 0.1) is 0 Å². The molecule has 0 radical (unpaired) electrons. The summed E-state index contributed by atoms with van der Waals surface area (Å²) < 4.78 is 4.88. The number of fused-ring (bicyclic) bond motifs is 1. The molecule has 1 amide bonds. The molecule has 19 heavy (non-hydrogen) atoms. The predicted octanol–water partition coefficient (Wildman–Crippen LogP) is 1.35. The minimum absolute atomic E-state index is 0.0465. The number of nitrogens with one attached hydrogen (secondary N) is 2. The van der Waals surface area contributed by atoms with Gasteiger partial charge in [-0.1, -0.05) is 6.07 Å². The van der Waals surface area contributed by atoms with Crippen LogP contribution in [-0.4, -0.2) is 35.4 Å². The van der Waals surface area contributed by atoms with Gasteiger partial charge in [-0.15, -0.1) is 0 Å². The molecule has 1 fully saturated rings. The smallest absolute Gasteiger partial charge is 0.407 e. The number of hydrogen-bond acceptors (Lipinski definition) is 3. The fraction of sp³-hybridized carbons (Fsp3) is 0.357. The zero-order chi connectivity index (χ0) is 13.2. The van der Waals surface area contributed by atoms with Crippen LogP contribution in [0.15, 0.2) is 24.4 Å². The van der Waals surface area contributed by atoms with E-state index >= 15 is 0 Å². The molecule has 2 heterocycles. The van der Waals surface area contributed by atoms with Crippen LogP contribution < -0.4 is 5.32 Å². The highest BCUT2D eigenvalue weighted by molar-refractivity contribution is 5.84. The van der Waals surface area contributed by atoms with E-state index in [1.165, 1.54) is 0 Å². The van der Waals surface area contributed by atoms with Gasteiger partial charge in [0.25, 0.3) is 0 Å². The number of hydrogen-bond donors (Lipinski definition) is 3. The Labute approximate surface area is 110 Å². The van der Waals surface area contributed by atoms with Crippen LogP contribution in [0.1, 0.15) is 11.1 Å². The van der Waals surface area contributed by atoms with E-state index in [9.17, 15) is 4.79 Å². The summed E-state index contributed by atoms with van der Waals surface area (Å²) >= 11 is 0. The summed E-state index contributed by atoms with van der Waals surface area (Å²) in [5, 5.41) is 13.0. The number of carbonyl (C=O) groups excluding carboxylic acids is 1. The minimum Gasteiger partial charge on any atom is -0.447 e. The molecule has 0 bridgehead atoms. The normalized spacial score (nSPS) is 18.6. The quantitative estimate of drug-likeness (QED) is 0.777. The maximum absolute atomic E-state index is 11.0. The molecule has 1 aliphatic heterocycles. The summed E-state index contributed by atoms with van der Waals surface area (Å²) in [6, 6.07) is 6.24. The van der Waals surface area contributed by atoms with Crippen LogP contribution in [0.3, 0.4) is 0 Å². The summed E-state index contributed by atoms with van der Waals surface area (Å²) in [4.78, 5) is 14.2.